The van der Waals surface area contributed by atoms with Crippen molar-refractivity contribution < 1.29 is 8.78 Å². The molecule has 1 aliphatic rings. The van der Waals surface area contributed by atoms with E-state index in [0.717, 1.165) is 32.0 Å². The number of benzene rings is 1. The summed E-state index contributed by atoms with van der Waals surface area (Å²) in [5.41, 5.74) is 1.55. The average Bonchev–Trinajstić information content (AvgIpc) is 2.48. The molecule has 1 fully saturated rings. The summed E-state index contributed by atoms with van der Waals surface area (Å²) < 4.78 is 27.0. The number of aryl methyl sites for hydroxylation is 1. The average molecular weight is 318 g/mol. The number of rotatable bonds is 3. The molecule has 1 saturated heterocycles. The molecule has 0 radical (unpaired) electrons. The molecule has 0 bridgehead atoms. The molecule has 1 N–H and O–H groups in total. The molecule has 2 aromatic rings. The molecule has 3 rings (SSSR count). The highest BCUT2D eigenvalue weighted by Gasteiger charge is 2.18. The van der Waals surface area contributed by atoms with Gasteiger partial charge in [0.05, 0.1) is 5.69 Å². The minimum atomic E-state index is -0.605. The molecule has 1 unspecified atom stereocenters. The van der Waals surface area contributed by atoms with Gasteiger partial charge in [0.15, 0.2) is 0 Å². The summed E-state index contributed by atoms with van der Waals surface area (Å²) in [5, 5.41) is 3.34. The first-order valence-corrected chi connectivity index (χ1v) is 7.77. The highest BCUT2D eigenvalue weighted by Crippen LogP contribution is 2.26. The summed E-state index contributed by atoms with van der Waals surface area (Å²) in [6.45, 7) is 3.87. The van der Waals surface area contributed by atoms with Crippen LogP contribution in [0.4, 0.5) is 14.7 Å². The maximum absolute atomic E-state index is 13.9. The zero-order chi connectivity index (χ0) is 16.4. The van der Waals surface area contributed by atoms with Crippen molar-refractivity contribution in [3.63, 3.8) is 0 Å². The van der Waals surface area contributed by atoms with Crippen LogP contribution in [0.5, 0.6) is 0 Å². The van der Waals surface area contributed by atoms with E-state index in [4.69, 9.17) is 0 Å². The lowest BCUT2D eigenvalue weighted by Crippen LogP contribution is -2.40. The predicted octanol–water partition coefficient (Wildman–Crippen LogP) is 3.24. The summed E-state index contributed by atoms with van der Waals surface area (Å²) in [6, 6.07) is 3.85. The number of anilines is 1. The van der Waals surface area contributed by atoms with E-state index in [2.05, 4.69) is 27.2 Å². The van der Waals surface area contributed by atoms with Gasteiger partial charge in [0.25, 0.3) is 0 Å². The second-order valence-corrected chi connectivity index (χ2v) is 6.06. The van der Waals surface area contributed by atoms with Crippen LogP contribution in [0.3, 0.4) is 0 Å². The van der Waals surface area contributed by atoms with Gasteiger partial charge in [-0.3, -0.25) is 0 Å². The summed E-state index contributed by atoms with van der Waals surface area (Å²) in [5.74, 6) is -0.648. The van der Waals surface area contributed by atoms with Gasteiger partial charge in [-0.05, 0) is 45.5 Å². The first-order valence-electron chi connectivity index (χ1n) is 7.77. The Morgan fingerprint density at radius 1 is 1.26 bits per heavy atom. The molecule has 2 heterocycles. The van der Waals surface area contributed by atoms with Crippen LogP contribution in [0, 0.1) is 18.6 Å². The van der Waals surface area contributed by atoms with Crippen LogP contribution < -0.4 is 5.32 Å². The van der Waals surface area contributed by atoms with Gasteiger partial charge < -0.3 is 10.2 Å². The number of halogens is 2. The Balaban J connectivity index is 1.80. The van der Waals surface area contributed by atoms with Crippen LogP contribution in [0.15, 0.2) is 24.4 Å². The zero-order valence-corrected chi connectivity index (χ0v) is 13.3. The van der Waals surface area contributed by atoms with E-state index in [1.54, 1.807) is 13.1 Å². The van der Waals surface area contributed by atoms with E-state index in [1.807, 2.05) is 0 Å². The van der Waals surface area contributed by atoms with Crippen LogP contribution >= 0.6 is 0 Å². The first kappa shape index (κ1) is 15.8. The van der Waals surface area contributed by atoms with Crippen molar-refractivity contribution in [3.05, 3.63) is 41.7 Å². The Labute approximate surface area is 134 Å². The van der Waals surface area contributed by atoms with Gasteiger partial charge in [0.2, 0.25) is 5.95 Å². The van der Waals surface area contributed by atoms with E-state index in [0.29, 0.717) is 28.8 Å². The number of hydrogen-bond donors (Lipinski definition) is 1. The number of likely N-dealkylation sites (N-methyl/N-ethyl adjacent to an activating group) is 1. The van der Waals surface area contributed by atoms with Gasteiger partial charge in [-0.2, -0.15) is 0 Å². The molecule has 1 atom stereocenters. The SMILES string of the molecule is Cc1nc(NC2CCCN(C)C2)ncc1-c1ccc(F)cc1F. The summed E-state index contributed by atoms with van der Waals surface area (Å²) >= 11 is 0. The number of likely N-dealkylation sites (tertiary alicyclic amines) is 1. The van der Waals surface area contributed by atoms with Crippen molar-refractivity contribution >= 4 is 5.95 Å². The largest absolute Gasteiger partial charge is 0.350 e. The lowest BCUT2D eigenvalue weighted by molar-refractivity contribution is 0.260. The maximum atomic E-state index is 13.9. The normalized spacial score (nSPS) is 18.9. The highest BCUT2D eigenvalue weighted by molar-refractivity contribution is 5.66. The molecule has 1 aromatic heterocycles. The molecular weight excluding hydrogens is 298 g/mol. The smallest absolute Gasteiger partial charge is 0.223 e. The van der Waals surface area contributed by atoms with Crippen molar-refractivity contribution in [1.82, 2.24) is 14.9 Å². The van der Waals surface area contributed by atoms with Crippen LogP contribution in [-0.4, -0.2) is 41.0 Å². The highest BCUT2D eigenvalue weighted by atomic mass is 19.1. The predicted molar refractivity (Wildman–Crippen MR) is 86.3 cm³/mol. The fourth-order valence-corrected chi connectivity index (χ4v) is 2.98. The molecule has 6 heteroatoms. The Morgan fingerprint density at radius 3 is 2.78 bits per heavy atom. The molecule has 0 saturated carbocycles. The van der Waals surface area contributed by atoms with Gasteiger partial charge in [0, 0.05) is 36.0 Å². The number of nitrogens with zero attached hydrogens (tertiary/aromatic N) is 3. The molecule has 0 spiro atoms. The van der Waals surface area contributed by atoms with Crippen molar-refractivity contribution in [1.29, 1.82) is 0 Å². The molecule has 1 aliphatic heterocycles. The van der Waals surface area contributed by atoms with Gasteiger partial charge in [-0.25, -0.2) is 18.7 Å². The van der Waals surface area contributed by atoms with Crippen molar-refractivity contribution in [2.45, 2.75) is 25.8 Å². The maximum Gasteiger partial charge on any atom is 0.223 e. The monoisotopic (exact) mass is 318 g/mol. The second kappa shape index (κ2) is 6.58. The first-order chi connectivity index (χ1) is 11.0. The van der Waals surface area contributed by atoms with E-state index >= 15 is 0 Å². The summed E-state index contributed by atoms with van der Waals surface area (Å²) in [4.78, 5) is 11.0. The minimum absolute atomic E-state index is 0.313. The standard InChI is InChI=1S/C17H20F2N4/c1-11-15(14-6-5-12(18)8-16(14)19)9-20-17(21-11)22-13-4-3-7-23(2)10-13/h5-6,8-9,13H,3-4,7,10H2,1-2H3,(H,20,21,22). The zero-order valence-electron chi connectivity index (χ0n) is 13.3. The molecule has 23 heavy (non-hydrogen) atoms. The Kier molecular flexibility index (Phi) is 4.52. The molecule has 0 amide bonds. The van der Waals surface area contributed by atoms with Crippen LogP contribution in [0.1, 0.15) is 18.5 Å². The summed E-state index contributed by atoms with van der Waals surface area (Å²) in [6.07, 6.45) is 3.82. The molecule has 4 nitrogen and oxygen atoms in total. The third-order valence-electron chi connectivity index (χ3n) is 4.16. The third kappa shape index (κ3) is 3.64. The van der Waals surface area contributed by atoms with Crippen LogP contribution in [-0.2, 0) is 0 Å². The number of hydrogen-bond acceptors (Lipinski definition) is 4. The third-order valence-corrected chi connectivity index (χ3v) is 4.16. The molecule has 0 aliphatic carbocycles. The number of aromatic nitrogens is 2. The second-order valence-electron chi connectivity index (χ2n) is 6.06. The fraction of sp³-hybridized carbons (Fsp3) is 0.412. The van der Waals surface area contributed by atoms with Crippen LogP contribution in [0.2, 0.25) is 0 Å². The van der Waals surface area contributed by atoms with Crippen LogP contribution in [0.25, 0.3) is 11.1 Å². The van der Waals surface area contributed by atoms with E-state index in [9.17, 15) is 8.78 Å². The molecular formula is C17H20F2N4. The number of piperidine rings is 1. The van der Waals surface area contributed by atoms with E-state index in [1.165, 1.54) is 12.1 Å². The topological polar surface area (TPSA) is 41.1 Å². The molecule has 122 valence electrons. The van der Waals surface area contributed by atoms with E-state index in [-0.39, 0.29) is 0 Å². The van der Waals surface area contributed by atoms with Gasteiger partial charge in [0.1, 0.15) is 11.6 Å². The van der Waals surface area contributed by atoms with Crippen molar-refractivity contribution in [3.8, 4) is 11.1 Å². The summed E-state index contributed by atoms with van der Waals surface area (Å²) in [7, 11) is 2.10. The van der Waals surface area contributed by atoms with Gasteiger partial charge in [-0.1, -0.05) is 0 Å². The Hall–Kier alpha value is -2.08. The Bertz CT molecular complexity index is 705. The van der Waals surface area contributed by atoms with Crippen molar-refractivity contribution in [2.24, 2.45) is 0 Å². The lowest BCUT2D eigenvalue weighted by atomic mass is 10.1. The minimum Gasteiger partial charge on any atom is -0.350 e. The van der Waals surface area contributed by atoms with Crippen molar-refractivity contribution in [2.75, 3.05) is 25.5 Å². The van der Waals surface area contributed by atoms with Gasteiger partial charge >= 0.3 is 0 Å². The van der Waals surface area contributed by atoms with Gasteiger partial charge in [-0.15, -0.1) is 0 Å². The van der Waals surface area contributed by atoms with E-state index < -0.39 is 11.6 Å². The lowest BCUT2D eigenvalue weighted by Gasteiger charge is -2.30. The number of nitrogens with one attached hydrogen (secondary N) is 1. The Morgan fingerprint density at radius 2 is 2.09 bits per heavy atom. The quantitative estimate of drug-likeness (QED) is 0.943. The fourth-order valence-electron chi connectivity index (χ4n) is 2.98. The molecule has 1 aromatic carbocycles.